The average Bonchev–Trinajstić information content (AvgIpc) is 3.40. The standard InChI is InChI=1S/C29H32N2O4S/c1-29(2,3)25-15-13-22(14-16-25)27(32)24-7-6-8-26(19-24)30-28(33)23-11-9-21(10-12-23)20-36(34,35)31-17-4-5-18-31/h6-16,19H,4-5,17-18,20H2,1-3H3,(H,30,33). The van der Waals surface area contributed by atoms with E-state index in [0.29, 0.717) is 41.0 Å². The number of anilines is 1. The van der Waals surface area contributed by atoms with Crippen molar-refractivity contribution in [2.45, 2.75) is 44.8 Å². The number of nitrogens with zero attached hydrogens (tertiary/aromatic N) is 1. The molecule has 0 saturated carbocycles. The molecule has 0 unspecified atom stereocenters. The zero-order valence-electron chi connectivity index (χ0n) is 21.0. The van der Waals surface area contributed by atoms with E-state index in [0.717, 1.165) is 18.4 Å². The Labute approximate surface area is 213 Å². The third kappa shape index (κ3) is 6.09. The van der Waals surface area contributed by atoms with Crippen molar-refractivity contribution in [1.82, 2.24) is 4.31 Å². The molecule has 1 saturated heterocycles. The maximum Gasteiger partial charge on any atom is 0.255 e. The van der Waals surface area contributed by atoms with E-state index in [9.17, 15) is 18.0 Å². The van der Waals surface area contributed by atoms with Crippen LogP contribution in [0.1, 0.15) is 71.0 Å². The molecule has 0 aromatic heterocycles. The molecule has 6 nitrogen and oxygen atoms in total. The summed E-state index contributed by atoms with van der Waals surface area (Å²) in [5.41, 5.74) is 3.80. The number of benzene rings is 3. The first-order chi connectivity index (χ1) is 17.0. The molecule has 0 bridgehead atoms. The molecule has 7 heteroatoms. The third-order valence-electron chi connectivity index (χ3n) is 6.42. The second-order valence-corrected chi connectivity index (χ2v) is 12.2. The summed E-state index contributed by atoms with van der Waals surface area (Å²) in [7, 11) is -3.34. The minimum Gasteiger partial charge on any atom is -0.322 e. The van der Waals surface area contributed by atoms with Crippen LogP contribution in [-0.2, 0) is 21.2 Å². The quantitative estimate of drug-likeness (QED) is 0.437. The molecular formula is C29H32N2O4S. The Bertz CT molecular complexity index is 1350. The van der Waals surface area contributed by atoms with E-state index in [2.05, 4.69) is 26.1 Å². The molecule has 1 aliphatic heterocycles. The summed E-state index contributed by atoms with van der Waals surface area (Å²) in [6.07, 6.45) is 1.79. The molecule has 3 aromatic carbocycles. The van der Waals surface area contributed by atoms with E-state index in [1.54, 1.807) is 48.5 Å². The molecule has 188 valence electrons. The number of rotatable bonds is 7. The van der Waals surface area contributed by atoms with E-state index < -0.39 is 10.0 Å². The molecule has 0 atom stereocenters. The van der Waals surface area contributed by atoms with Crippen molar-refractivity contribution in [3.63, 3.8) is 0 Å². The highest BCUT2D eigenvalue weighted by Gasteiger charge is 2.25. The fourth-order valence-electron chi connectivity index (χ4n) is 4.25. The summed E-state index contributed by atoms with van der Waals surface area (Å²) in [6, 6.07) is 21.0. The van der Waals surface area contributed by atoms with Crippen molar-refractivity contribution < 1.29 is 18.0 Å². The number of nitrogens with one attached hydrogen (secondary N) is 1. The molecule has 0 radical (unpaired) electrons. The molecular weight excluding hydrogens is 472 g/mol. The van der Waals surface area contributed by atoms with Gasteiger partial charge in [0.05, 0.1) is 5.75 Å². The fraction of sp³-hybridized carbons (Fsp3) is 0.310. The smallest absolute Gasteiger partial charge is 0.255 e. The summed E-state index contributed by atoms with van der Waals surface area (Å²) in [6.45, 7) is 7.53. The van der Waals surface area contributed by atoms with Crippen molar-refractivity contribution in [3.8, 4) is 0 Å². The second-order valence-electron chi connectivity index (χ2n) is 10.3. The second kappa shape index (κ2) is 10.4. The molecule has 1 heterocycles. The van der Waals surface area contributed by atoms with Gasteiger partial charge in [-0.1, -0.05) is 69.3 Å². The van der Waals surface area contributed by atoms with Crippen molar-refractivity contribution in [1.29, 1.82) is 0 Å². The van der Waals surface area contributed by atoms with Crippen molar-refractivity contribution >= 4 is 27.4 Å². The van der Waals surface area contributed by atoms with Gasteiger partial charge in [-0.15, -0.1) is 0 Å². The number of amides is 1. The van der Waals surface area contributed by atoms with Gasteiger partial charge in [-0.2, -0.15) is 0 Å². The summed E-state index contributed by atoms with van der Waals surface area (Å²) in [5, 5.41) is 2.83. The molecule has 1 fully saturated rings. The Morgan fingerprint density at radius 3 is 2.06 bits per heavy atom. The van der Waals surface area contributed by atoms with Crippen LogP contribution in [0.4, 0.5) is 5.69 Å². The maximum absolute atomic E-state index is 13.0. The molecule has 0 aliphatic carbocycles. The molecule has 1 amide bonds. The molecule has 36 heavy (non-hydrogen) atoms. The zero-order chi connectivity index (χ0) is 25.9. The zero-order valence-corrected chi connectivity index (χ0v) is 21.8. The van der Waals surface area contributed by atoms with E-state index in [1.807, 2.05) is 24.3 Å². The van der Waals surface area contributed by atoms with Gasteiger partial charge >= 0.3 is 0 Å². The van der Waals surface area contributed by atoms with Gasteiger partial charge in [-0.05, 0) is 53.6 Å². The lowest BCUT2D eigenvalue weighted by Gasteiger charge is -2.19. The number of hydrogen-bond donors (Lipinski definition) is 1. The average molecular weight is 505 g/mol. The number of sulfonamides is 1. The van der Waals surface area contributed by atoms with Crippen molar-refractivity contribution in [2.75, 3.05) is 18.4 Å². The lowest BCUT2D eigenvalue weighted by atomic mass is 9.86. The van der Waals surface area contributed by atoms with Gasteiger partial charge in [-0.25, -0.2) is 12.7 Å². The predicted octanol–water partition coefficient (Wildman–Crippen LogP) is 5.39. The normalized spacial score (nSPS) is 14.5. The number of ketones is 1. The third-order valence-corrected chi connectivity index (χ3v) is 8.27. The van der Waals surface area contributed by atoms with E-state index >= 15 is 0 Å². The van der Waals surface area contributed by atoms with Crippen LogP contribution in [0.5, 0.6) is 0 Å². The molecule has 0 spiro atoms. The SMILES string of the molecule is CC(C)(C)c1ccc(C(=O)c2cccc(NC(=O)c3ccc(CS(=O)(=O)N4CCCC4)cc3)c2)cc1. The maximum atomic E-state index is 13.0. The summed E-state index contributed by atoms with van der Waals surface area (Å²) >= 11 is 0. The van der Waals surface area contributed by atoms with Crippen molar-refractivity contribution in [2.24, 2.45) is 0 Å². The molecule has 4 rings (SSSR count). The Morgan fingerprint density at radius 2 is 1.44 bits per heavy atom. The minimum atomic E-state index is -3.34. The predicted molar refractivity (Wildman–Crippen MR) is 143 cm³/mol. The van der Waals surface area contributed by atoms with E-state index in [-0.39, 0.29) is 22.9 Å². The Morgan fingerprint density at radius 1 is 0.833 bits per heavy atom. The molecule has 1 N–H and O–H groups in total. The van der Waals surface area contributed by atoms with Crippen LogP contribution in [0.25, 0.3) is 0 Å². The Balaban J connectivity index is 1.42. The van der Waals surface area contributed by atoms with Crippen LogP contribution >= 0.6 is 0 Å². The Kier molecular flexibility index (Phi) is 7.43. The van der Waals surface area contributed by atoms with Gasteiger partial charge in [0.25, 0.3) is 5.91 Å². The van der Waals surface area contributed by atoms with E-state index in [4.69, 9.17) is 0 Å². The lowest BCUT2D eigenvalue weighted by Crippen LogP contribution is -2.29. The minimum absolute atomic E-state index is 0.00607. The number of hydrogen-bond acceptors (Lipinski definition) is 4. The van der Waals surface area contributed by atoms with Crippen molar-refractivity contribution in [3.05, 3.63) is 101 Å². The highest BCUT2D eigenvalue weighted by atomic mass is 32.2. The van der Waals surface area contributed by atoms with Gasteiger partial charge < -0.3 is 5.32 Å². The summed E-state index contributed by atoms with van der Waals surface area (Å²) in [5.74, 6) is -0.520. The van der Waals surface area contributed by atoms with Gasteiger partial charge in [0.1, 0.15) is 0 Å². The van der Waals surface area contributed by atoms with Gasteiger partial charge in [0.15, 0.2) is 5.78 Å². The first-order valence-electron chi connectivity index (χ1n) is 12.2. The monoisotopic (exact) mass is 504 g/mol. The lowest BCUT2D eigenvalue weighted by molar-refractivity contribution is 0.102. The van der Waals surface area contributed by atoms with Crippen LogP contribution < -0.4 is 5.32 Å². The van der Waals surface area contributed by atoms with Crippen LogP contribution in [0.2, 0.25) is 0 Å². The van der Waals surface area contributed by atoms with Crippen LogP contribution in [-0.4, -0.2) is 37.5 Å². The summed E-state index contributed by atoms with van der Waals surface area (Å²) < 4.78 is 26.6. The molecule has 1 aliphatic rings. The first-order valence-corrected chi connectivity index (χ1v) is 13.8. The van der Waals surface area contributed by atoms with Gasteiger partial charge in [0.2, 0.25) is 10.0 Å². The topological polar surface area (TPSA) is 83.5 Å². The highest BCUT2D eigenvalue weighted by Crippen LogP contribution is 2.24. The fourth-order valence-corrected chi connectivity index (χ4v) is 5.86. The molecule has 3 aromatic rings. The first kappa shape index (κ1) is 25.8. The largest absolute Gasteiger partial charge is 0.322 e. The van der Waals surface area contributed by atoms with E-state index in [1.165, 1.54) is 4.31 Å². The van der Waals surface area contributed by atoms with Gasteiger partial charge in [0, 0.05) is 35.5 Å². The van der Waals surface area contributed by atoms with Gasteiger partial charge in [-0.3, -0.25) is 9.59 Å². The van der Waals surface area contributed by atoms with Crippen LogP contribution in [0, 0.1) is 0 Å². The summed E-state index contributed by atoms with van der Waals surface area (Å²) in [4.78, 5) is 25.8. The van der Waals surface area contributed by atoms with Crippen LogP contribution in [0.3, 0.4) is 0 Å². The highest BCUT2D eigenvalue weighted by molar-refractivity contribution is 7.88. The Hall–Kier alpha value is -3.29. The van der Waals surface area contributed by atoms with Crippen LogP contribution in [0.15, 0.2) is 72.8 Å². The number of carbonyl (C=O) groups is 2. The number of carbonyl (C=O) groups excluding carboxylic acids is 2.